The Morgan fingerprint density at radius 1 is 1.00 bits per heavy atom. The molecule has 0 fully saturated rings. The molecule has 0 N–H and O–H groups in total. The molecule has 0 atom stereocenters. The van der Waals surface area contributed by atoms with Crippen molar-refractivity contribution in [3.63, 3.8) is 0 Å². The molecule has 3 aromatic rings. The van der Waals surface area contributed by atoms with Gasteiger partial charge in [-0.1, -0.05) is 47.1 Å². The summed E-state index contributed by atoms with van der Waals surface area (Å²) in [6.07, 6.45) is 0. The largest absolute Gasteiger partial charge is 0.211 e. The van der Waals surface area contributed by atoms with Crippen molar-refractivity contribution in [2.24, 2.45) is 0 Å². The van der Waals surface area contributed by atoms with Gasteiger partial charge in [-0.2, -0.15) is 5.26 Å². The van der Waals surface area contributed by atoms with Gasteiger partial charge < -0.3 is 0 Å². The van der Waals surface area contributed by atoms with Crippen molar-refractivity contribution >= 4 is 11.6 Å². The number of hydrogen-bond donors (Lipinski definition) is 0. The van der Waals surface area contributed by atoms with Crippen LogP contribution in [0.1, 0.15) is 5.69 Å². The minimum absolute atomic E-state index is 0.288. The van der Waals surface area contributed by atoms with Crippen LogP contribution >= 0.6 is 11.6 Å². The van der Waals surface area contributed by atoms with E-state index in [0.29, 0.717) is 10.7 Å². The summed E-state index contributed by atoms with van der Waals surface area (Å²) in [7, 11) is 0. The van der Waals surface area contributed by atoms with Crippen LogP contribution in [-0.4, -0.2) is 15.0 Å². The highest BCUT2D eigenvalue weighted by Gasteiger charge is 2.15. The van der Waals surface area contributed by atoms with E-state index in [-0.39, 0.29) is 5.69 Å². The van der Waals surface area contributed by atoms with E-state index >= 15 is 0 Å². The van der Waals surface area contributed by atoms with Gasteiger partial charge >= 0.3 is 0 Å². The van der Waals surface area contributed by atoms with Gasteiger partial charge in [-0.25, -0.2) is 4.68 Å². The van der Waals surface area contributed by atoms with E-state index in [9.17, 15) is 5.26 Å². The zero-order valence-electron chi connectivity index (χ0n) is 10.4. The van der Waals surface area contributed by atoms with Crippen LogP contribution in [0, 0.1) is 11.3 Å². The molecule has 0 aliphatic carbocycles. The minimum Gasteiger partial charge on any atom is -0.211 e. The standard InChI is InChI=1S/C15H9ClN4/c16-12-8-6-11(7-9-12)15-14(10-17)18-19-20(15)13-4-2-1-3-5-13/h1-9H. The van der Waals surface area contributed by atoms with Gasteiger partial charge in [-0.05, 0) is 24.3 Å². The molecule has 2 aromatic carbocycles. The Hall–Kier alpha value is -2.64. The van der Waals surface area contributed by atoms with Crippen LogP contribution in [0.15, 0.2) is 54.6 Å². The second kappa shape index (κ2) is 5.16. The smallest absolute Gasteiger partial charge is 0.191 e. The second-order valence-electron chi connectivity index (χ2n) is 4.15. The highest BCUT2D eigenvalue weighted by molar-refractivity contribution is 6.30. The van der Waals surface area contributed by atoms with Gasteiger partial charge in [0.2, 0.25) is 0 Å². The SMILES string of the molecule is N#Cc1nnn(-c2ccccc2)c1-c1ccc(Cl)cc1. The molecule has 0 radical (unpaired) electrons. The predicted molar refractivity (Wildman–Crippen MR) is 76.5 cm³/mol. The molecule has 0 aliphatic heterocycles. The van der Waals surface area contributed by atoms with E-state index in [1.165, 1.54) is 0 Å². The molecule has 0 bridgehead atoms. The maximum atomic E-state index is 9.20. The van der Waals surface area contributed by atoms with Crippen LogP contribution in [0.4, 0.5) is 0 Å². The lowest BCUT2D eigenvalue weighted by molar-refractivity contribution is 0.807. The monoisotopic (exact) mass is 280 g/mol. The fourth-order valence-electron chi connectivity index (χ4n) is 1.97. The molecule has 1 heterocycles. The van der Waals surface area contributed by atoms with Gasteiger partial charge in [0.25, 0.3) is 0 Å². The van der Waals surface area contributed by atoms with Crippen molar-refractivity contribution in [2.45, 2.75) is 0 Å². The Bertz CT molecular complexity index is 770. The van der Waals surface area contributed by atoms with Gasteiger partial charge in [0.15, 0.2) is 5.69 Å². The second-order valence-corrected chi connectivity index (χ2v) is 4.59. The van der Waals surface area contributed by atoms with Crippen molar-refractivity contribution < 1.29 is 0 Å². The first kappa shape index (κ1) is 12.4. The minimum atomic E-state index is 0.288. The van der Waals surface area contributed by atoms with Gasteiger partial charge in [-0.3, -0.25) is 0 Å². The molecule has 3 rings (SSSR count). The zero-order valence-corrected chi connectivity index (χ0v) is 11.1. The van der Waals surface area contributed by atoms with Gasteiger partial charge in [0, 0.05) is 10.6 Å². The Morgan fingerprint density at radius 2 is 1.70 bits per heavy atom. The lowest BCUT2D eigenvalue weighted by Crippen LogP contribution is -1.99. The molecule has 0 unspecified atom stereocenters. The Labute approximate surface area is 120 Å². The fourth-order valence-corrected chi connectivity index (χ4v) is 2.10. The first-order valence-corrected chi connectivity index (χ1v) is 6.34. The highest BCUT2D eigenvalue weighted by atomic mass is 35.5. The molecule has 0 saturated heterocycles. The summed E-state index contributed by atoms with van der Waals surface area (Å²) in [5, 5.41) is 17.8. The molecule has 1 aromatic heterocycles. The quantitative estimate of drug-likeness (QED) is 0.722. The molecular formula is C15H9ClN4. The van der Waals surface area contributed by atoms with Crippen LogP contribution in [0.5, 0.6) is 0 Å². The molecule has 4 nitrogen and oxygen atoms in total. The topological polar surface area (TPSA) is 54.5 Å². The van der Waals surface area contributed by atoms with Crippen LogP contribution in [0.25, 0.3) is 16.9 Å². The third kappa shape index (κ3) is 2.15. The lowest BCUT2D eigenvalue weighted by atomic mass is 10.1. The molecule has 20 heavy (non-hydrogen) atoms. The molecule has 96 valence electrons. The molecule has 0 spiro atoms. The van der Waals surface area contributed by atoms with Crippen molar-refractivity contribution in [2.75, 3.05) is 0 Å². The Morgan fingerprint density at radius 3 is 2.35 bits per heavy atom. The number of rotatable bonds is 2. The molecule has 0 saturated carbocycles. The average Bonchev–Trinajstić information content (AvgIpc) is 2.93. The highest BCUT2D eigenvalue weighted by Crippen LogP contribution is 2.26. The van der Waals surface area contributed by atoms with Crippen molar-refractivity contribution in [3.05, 3.63) is 65.3 Å². The Kier molecular flexibility index (Phi) is 3.20. The lowest BCUT2D eigenvalue weighted by Gasteiger charge is -2.06. The maximum absolute atomic E-state index is 9.20. The van der Waals surface area contributed by atoms with E-state index in [2.05, 4.69) is 16.4 Å². The van der Waals surface area contributed by atoms with Gasteiger partial charge in [-0.15, -0.1) is 5.10 Å². The first-order valence-electron chi connectivity index (χ1n) is 5.97. The van der Waals surface area contributed by atoms with Crippen LogP contribution < -0.4 is 0 Å². The maximum Gasteiger partial charge on any atom is 0.191 e. The summed E-state index contributed by atoms with van der Waals surface area (Å²) in [4.78, 5) is 0. The number of hydrogen-bond acceptors (Lipinski definition) is 3. The van der Waals surface area contributed by atoms with Crippen molar-refractivity contribution in [1.82, 2.24) is 15.0 Å². The molecular weight excluding hydrogens is 272 g/mol. The molecule has 0 aliphatic rings. The normalized spacial score (nSPS) is 10.2. The first-order chi connectivity index (χ1) is 9.79. The summed E-state index contributed by atoms with van der Waals surface area (Å²) < 4.78 is 1.65. The number of nitrogens with zero attached hydrogens (tertiary/aromatic N) is 4. The summed E-state index contributed by atoms with van der Waals surface area (Å²) >= 11 is 5.90. The summed E-state index contributed by atoms with van der Waals surface area (Å²) in [5.41, 5.74) is 2.65. The average molecular weight is 281 g/mol. The number of nitriles is 1. The van der Waals surface area contributed by atoms with E-state index in [4.69, 9.17) is 11.6 Å². The summed E-state index contributed by atoms with van der Waals surface area (Å²) in [6.45, 7) is 0. The number of halogens is 1. The third-order valence-electron chi connectivity index (χ3n) is 2.89. The van der Waals surface area contributed by atoms with Crippen molar-refractivity contribution in [3.8, 4) is 23.0 Å². The van der Waals surface area contributed by atoms with Gasteiger partial charge in [0.1, 0.15) is 11.8 Å². The molecule has 5 heteroatoms. The van der Waals surface area contributed by atoms with Gasteiger partial charge in [0.05, 0.1) is 5.69 Å². The third-order valence-corrected chi connectivity index (χ3v) is 3.15. The van der Waals surface area contributed by atoms with E-state index in [1.54, 1.807) is 16.8 Å². The van der Waals surface area contributed by atoms with Crippen LogP contribution in [-0.2, 0) is 0 Å². The van der Waals surface area contributed by atoms with Crippen LogP contribution in [0.2, 0.25) is 5.02 Å². The fraction of sp³-hybridized carbons (Fsp3) is 0. The summed E-state index contributed by atoms with van der Waals surface area (Å²) in [6, 6.07) is 18.9. The van der Waals surface area contributed by atoms with E-state index < -0.39 is 0 Å². The predicted octanol–water partition coefficient (Wildman–Crippen LogP) is 3.46. The number of aromatic nitrogens is 3. The number of para-hydroxylation sites is 1. The molecule has 0 amide bonds. The van der Waals surface area contributed by atoms with Crippen LogP contribution in [0.3, 0.4) is 0 Å². The Balaban J connectivity index is 2.21. The number of benzene rings is 2. The zero-order chi connectivity index (χ0) is 13.9. The van der Waals surface area contributed by atoms with E-state index in [1.807, 2.05) is 42.5 Å². The summed E-state index contributed by atoms with van der Waals surface area (Å²) in [5.74, 6) is 0. The van der Waals surface area contributed by atoms with E-state index in [0.717, 1.165) is 11.3 Å². The van der Waals surface area contributed by atoms with Crippen molar-refractivity contribution in [1.29, 1.82) is 5.26 Å².